The molecule has 0 saturated carbocycles. The van der Waals surface area contributed by atoms with Crippen LogP contribution in [-0.4, -0.2) is 25.7 Å². The van der Waals surface area contributed by atoms with Gasteiger partial charge in [0.15, 0.2) is 0 Å². The highest BCUT2D eigenvalue weighted by Gasteiger charge is 2.02. The fraction of sp³-hybridized carbons (Fsp3) is 0.467. The molecule has 0 atom stereocenters. The molecule has 1 aromatic carbocycles. The van der Waals surface area contributed by atoms with Crippen LogP contribution in [0.15, 0.2) is 24.3 Å². The van der Waals surface area contributed by atoms with Crippen molar-refractivity contribution in [3.63, 3.8) is 0 Å². The lowest BCUT2D eigenvalue weighted by molar-refractivity contribution is -0.120. The van der Waals surface area contributed by atoms with Crippen molar-refractivity contribution in [2.45, 2.75) is 26.2 Å². The third-order valence-corrected chi connectivity index (χ3v) is 2.66. The van der Waals surface area contributed by atoms with E-state index in [1.165, 1.54) is 0 Å². The van der Waals surface area contributed by atoms with E-state index in [1.54, 1.807) is 24.3 Å². The third-order valence-electron chi connectivity index (χ3n) is 2.66. The SMILES string of the molecule is CCCCOCCNC(=O)Cc1ccc(C#N)cc1. The second-order valence-electron chi connectivity index (χ2n) is 4.30. The molecular formula is C15H20N2O2. The van der Waals surface area contributed by atoms with Crippen LogP contribution in [0.5, 0.6) is 0 Å². The van der Waals surface area contributed by atoms with Crippen LogP contribution >= 0.6 is 0 Å². The van der Waals surface area contributed by atoms with Crippen molar-refractivity contribution in [1.82, 2.24) is 5.32 Å². The van der Waals surface area contributed by atoms with Gasteiger partial charge in [0.05, 0.1) is 24.7 Å². The molecule has 0 saturated heterocycles. The number of carbonyl (C=O) groups is 1. The summed E-state index contributed by atoms with van der Waals surface area (Å²) in [6.45, 7) is 3.96. The van der Waals surface area contributed by atoms with Crippen LogP contribution in [0.4, 0.5) is 0 Å². The minimum absolute atomic E-state index is 0.0243. The minimum Gasteiger partial charge on any atom is -0.380 e. The molecule has 1 N–H and O–H groups in total. The van der Waals surface area contributed by atoms with Gasteiger partial charge in [-0.05, 0) is 24.1 Å². The topological polar surface area (TPSA) is 62.1 Å². The molecule has 0 bridgehead atoms. The summed E-state index contributed by atoms with van der Waals surface area (Å²) in [5.41, 5.74) is 1.51. The van der Waals surface area contributed by atoms with Crippen molar-refractivity contribution in [3.05, 3.63) is 35.4 Å². The maximum atomic E-state index is 11.6. The summed E-state index contributed by atoms with van der Waals surface area (Å²) in [4.78, 5) is 11.6. The van der Waals surface area contributed by atoms with E-state index < -0.39 is 0 Å². The van der Waals surface area contributed by atoms with Crippen LogP contribution in [0.25, 0.3) is 0 Å². The highest BCUT2D eigenvalue weighted by Crippen LogP contribution is 2.03. The molecule has 0 aliphatic carbocycles. The highest BCUT2D eigenvalue weighted by molar-refractivity contribution is 5.78. The number of rotatable bonds is 8. The maximum Gasteiger partial charge on any atom is 0.224 e. The van der Waals surface area contributed by atoms with E-state index in [0.717, 1.165) is 25.0 Å². The van der Waals surface area contributed by atoms with Gasteiger partial charge in [-0.1, -0.05) is 25.5 Å². The molecule has 1 rings (SSSR count). The summed E-state index contributed by atoms with van der Waals surface area (Å²) in [5.74, 6) is -0.0243. The fourth-order valence-electron chi connectivity index (χ4n) is 1.56. The number of nitrogens with one attached hydrogen (secondary N) is 1. The van der Waals surface area contributed by atoms with Crippen molar-refractivity contribution in [2.75, 3.05) is 19.8 Å². The molecule has 0 fully saturated rings. The third kappa shape index (κ3) is 6.58. The van der Waals surface area contributed by atoms with E-state index in [2.05, 4.69) is 12.2 Å². The maximum absolute atomic E-state index is 11.6. The van der Waals surface area contributed by atoms with Crippen LogP contribution < -0.4 is 5.32 Å². The molecule has 1 aromatic rings. The van der Waals surface area contributed by atoms with Crippen LogP contribution in [-0.2, 0) is 16.0 Å². The Morgan fingerprint density at radius 1 is 1.32 bits per heavy atom. The Hall–Kier alpha value is -1.86. The molecule has 102 valence electrons. The normalized spacial score (nSPS) is 9.89. The number of benzene rings is 1. The van der Waals surface area contributed by atoms with Gasteiger partial charge < -0.3 is 10.1 Å². The average molecular weight is 260 g/mol. The molecule has 0 unspecified atom stereocenters. The van der Waals surface area contributed by atoms with Crippen LogP contribution in [0.2, 0.25) is 0 Å². The van der Waals surface area contributed by atoms with Gasteiger partial charge in [-0.25, -0.2) is 0 Å². The number of amides is 1. The van der Waals surface area contributed by atoms with Crippen molar-refractivity contribution >= 4 is 5.91 Å². The second kappa shape index (κ2) is 9.12. The first-order chi connectivity index (χ1) is 9.26. The Balaban J connectivity index is 2.18. The van der Waals surface area contributed by atoms with Crippen molar-refractivity contribution in [2.24, 2.45) is 0 Å². The van der Waals surface area contributed by atoms with Crippen LogP contribution in [0.3, 0.4) is 0 Å². The Labute approximate surface area is 114 Å². The van der Waals surface area contributed by atoms with E-state index in [0.29, 0.717) is 25.1 Å². The zero-order chi connectivity index (χ0) is 13.9. The monoisotopic (exact) mass is 260 g/mol. The van der Waals surface area contributed by atoms with Crippen molar-refractivity contribution in [1.29, 1.82) is 5.26 Å². The van der Waals surface area contributed by atoms with Crippen LogP contribution in [0, 0.1) is 11.3 Å². The zero-order valence-electron chi connectivity index (χ0n) is 11.3. The molecular weight excluding hydrogens is 240 g/mol. The highest BCUT2D eigenvalue weighted by atomic mass is 16.5. The van der Waals surface area contributed by atoms with E-state index in [1.807, 2.05) is 6.07 Å². The molecule has 19 heavy (non-hydrogen) atoms. The first-order valence-corrected chi connectivity index (χ1v) is 6.59. The Morgan fingerprint density at radius 3 is 2.68 bits per heavy atom. The predicted molar refractivity (Wildman–Crippen MR) is 73.6 cm³/mol. The number of hydrogen-bond acceptors (Lipinski definition) is 3. The molecule has 0 radical (unpaired) electrons. The lowest BCUT2D eigenvalue weighted by Crippen LogP contribution is -2.28. The first kappa shape index (κ1) is 15.2. The number of hydrogen-bond donors (Lipinski definition) is 1. The summed E-state index contributed by atoms with van der Waals surface area (Å²) < 4.78 is 5.35. The number of ether oxygens (including phenoxy) is 1. The van der Waals surface area contributed by atoms with Gasteiger partial charge in [-0.2, -0.15) is 5.26 Å². The molecule has 4 heteroatoms. The van der Waals surface area contributed by atoms with Gasteiger partial charge in [-0.3, -0.25) is 4.79 Å². The summed E-state index contributed by atoms with van der Waals surface area (Å²) in [6.07, 6.45) is 2.50. The molecule has 1 amide bonds. The number of nitrogens with zero attached hydrogens (tertiary/aromatic N) is 1. The molecule has 0 heterocycles. The standard InChI is InChI=1S/C15H20N2O2/c1-2-3-9-19-10-8-17-15(18)11-13-4-6-14(12-16)7-5-13/h4-7H,2-3,8-11H2,1H3,(H,17,18). The number of unbranched alkanes of at least 4 members (excludes halogenated alkanes) is 1. The van der Waals surface area contributed by atoms with Crippen molar-refractivity contribution in [3.8, 4) is 6.07 Å². The number of carbonyl (C=O) groups excluding carboxylic acids is 1. The molecule has 4 nitrogen and oxygen atoms in total. The second-order valence-corrected chi connectivity index (χ2v) is 4.30. The van der Waals surface area contributed by atoms with E-state index in [-0.39, 0.29) is 5.91 Å². The van der Waals surface area contributed by atoms with Gasteiger partial charge in [0.2, 0.25) is 5.91 Å². The smallest absolute Gasteiger partial charge is 0.224 e. The van der Waals surface area contributed by atoms with Gasteiger partial charge in [-0.15, -0.1) is 0 Å². The largest absolute Gasteiger partial charge is 0.380 e. The summed E-state index contributed by atoms with van der Waals surface area (Å²) in [7, 11) is 0. The predicted octanol–water partition coefficient (Wildman–Crippen LogP) is 2.03. The minimum atomic E-state index is -0.0243. The molecule has 0 aromatic heterocycles. The Kier molecular flexibility index (Phi) is 7.30. The molecule has 0 spiro atoms. The summed E-state index contributed by atoms with van der Waals surface area (Å²) >= 11 is 0. The lowest BCUT2D eigenvalue weighted by Gasteiger charge is -2.06. The molecule has 0 aliphatic rings. The quantitative estimate of drug-likeness (QED) is 0.727. The Morgan fingerprint density at radius 2 is 2.05 bits per heavy atom. The summed E-state index contributed by atoms with van der Waals surface area (Å²) in [6, 6.07) is 9.09. The van der Waals surface area contributed by atoms with Gasteiger partial charge >= 0.3 is 0 Å². The number of nitriles is 1. The van der Waals surface area contributed by atoms with Crippen molar-refractivity contribution < 1.29 is 9.53 Å². The average Bonchev–Trinajstić information content (AvgIpc) is 2.43. The van der Waals surface area contributed by atoms with E-state index in [9.17, 15) is 4.79 Å². The van der Waals surface area contributed by atoms with Gasteiger partial charge in [0.25, 0.3) is 0 Å². The van der Waals surface area contributed by atoms with Crippen LogP contribution in [0.1, 0.15) is 30.9 Å². The fourth-order valence-corrected chi connectivity index (χ4v) is 1.56. The molecule has 0 aliphatic heterocycles. The van der Waals surface area contributed by atoms with Gasteiger partial charge in [0, 0.05) is 13.2 Å². The van der Waals surface area contributed by atoms with E-state index >= 15 is 0 Å². The lowest BCUT2D eigenvalue weighted by atomic mass is 10.1. The summed E-state index contributed by atoms with van der Waals surface area (Å²) in [5, 5.41) is 11.5. The first-order valence-electron chi connectivity index (χ1n) is 6.59. The Bertz CT molecular complexity index is 421. The van der Waals surface area contributed by atoms with E-state index in [4.69, 9.17) is 10.00 Å². The van der Waals surface area contributed by atoms with Gasteiger partial charge in [0.1, 0.15) is 0 Å². The zero-order valence-corrected chi connectivity index (χ0v) is 11.3.